The van der Waals surface area contributed by atoms with Crippen LogP contribution in [-0.2, 0) is 15.9 Å². The van der Waals surface area contributed by atoms with Gasteiger partial charge in [0.25, 0.3) is 0 Å². The highest BCUT2D eigenvalue weighted by Gasteiger charge is 2.36. The van der Waals surface area contributed by atoms with Crippen LogP contribution < -0.4 is 0 Å². The van der Waals surface area contributed by atoms with Crippen molar-refractivity contribution in [3.8, 4) is 0 Å². The molecule has 3 rings (SSSR count). The summed E-state index contributed by atoms with van der Waals surface area (Å²) in [5.74, 6) is 0. The van der Waals surface area contributed by atoms with Gasteiger partial charge in [-0.2, -0.15) is 0 Å². The number of methoxy groups -OCH3 is 1. The molecule has 0 radical (unpaired) electrons. The summed E-state index contributed by atoms with van der Waals surface area (Å²) in [5.41, 5.74) is 3.14. The van der Waals surface area contributed by atoms with Crippen molar-refractivity contribution >= 4 is 11.0 Å². The second-order valence-corrected chi connectivity index (χ2v) is 5.72. The van der Waals surface area contributed by atoms with Crippen molar-refractivity contribution in [1.82, 2.24) is 14.5 Å². The lowest BCUT2D eigenvalue weighted by molar-refractivity contribution is -0.0360. The summed E-state index contributed by atoms with van der Waals surface area (Å²) < 4.78 is 13.7. The predicted octanol–water partition coefficient (Wildman–Crippen LogP) is 1.99. The van der Waals surface area contributed by atoms with E-state index in [4.69, 9.17) is 9.47 Å². The Balaban J connectivity index is 1.99. The first kappa shape index (κ1) is 15.4. The maximum Gasteiger partial charge on any atom is 0.145 e. The lowest BCUT2D eigenvalue weighted by Crippen LogP contribution is -2.24. The van der Waals surface area contributed by atoms with E-state index in [1.54, 1.807) is 13.4 Å². The Morgan fingerprint density at radius 2 is 2.27 bits per heavy atom. The summed E-state index contributed by atoms with van der Waals surface area (Å²) in [6, 6.07) is 0. The van der Waals surface area contributed by atoms with Gasteiger partial charge >= 0.3 is 0 Å². The third-order valence-electron chi connectivity index (χ3n) is 4.47. The van der Waals surface area contributed by atoms with E-state index >= 15 is 0 Å². The molecule has 2 aromatic heterocycles. The molecule has 0 bridgehead atoms. The normalized spacial score (nSPS) is 25.2. The number of fused-ring (bicyclic) bond motifs is 1. The highest BCUT2D eigenvalue weighted by molar-refractivity contribution is 5.82. The number of ether oxygens (including phenoxy) is 2. The standard InChI is InChI=1S/C16H23N3O3/c1-4-11-8-19(16-15(11)10(2)17-9-18-16)14-7-13(21-3)12(22-14)5-6-20/h8-9,12-14,20H,4-7H2,1-3H3. The molecule has 0 aliphatic carbocycles. The molecule has 3 unspecified atom stereocenters. The first-order valence-electron chi connectivity index (χ1n) is 7.79. The van der Waals surface area contributed by atoms with E-state index in [1.807, 2.05) is 6.92 Å². The molecule has 0 amide bonds. The number of aliphatic hydroxyl groups excluding tert-OH is 1. The van der Waals surface area contributed by atoms with Crippen LogP contribution in [0.15, 0.2) is 12.5 Å². The Kier molecular flexibility index (Phi) is 4.42. The quantitative estimate of drug-likeness (QED) is 0.915. The maximum atomic E-state index is 9.18. The third kappa shape index (κ3) is 2.51. The molecule has 0 aromatic carbocycles. The lowest BCUT2D eigenvalue weighted by atomic mass is 10.1. The molecule has 2 aromatic rings. The van der Waals surface area contributed by atoms with Crippen LogP contribution in [0.2, 0.25) is 0 Å². The van der Waals surface area contributed by atoms with Gasteiger partial charge in [-0.25, -0.2) is 9.97 Å². The van der Waals surface area contributed by atoms with Crippen LogP contribution in [0.25, 0.3) is 11.0 Å². The highest BCUT2D eigenvalue weighted by Crippen LogP contribution is 2.35. The molecule has 0 saturated carbocycles. The Morgan fingerprint density at radius 3 is 2.95 bits per heavy atom. The molecule has 6 heteroatoms. The largest absolute Gasteiger partial charge is 0.396 e. The number of aromatic nitrogens is 3. The minimum atomic E-state index is -0.112. The Hall–Kier alpha value is -1.50. The number of aryl methyl sites for hydroxylation is 2. The van der Waals surface area contributed by atoms with E-state index in [1.165, 1.54) is 5.56 Å². The topological polar surface area (TPSA) is 69.4 Å². The molecular weight excluding hydrogens is 282 g/mol. The lowest BCUT2D eigenvalue weighted by Gasteiger charge is -2.16. The van der Waals surface area contributed by atoms with Crippen molar-refractivity contribution in [1.29, 1.82) is 0 Å². The van der Waals surface area contributed by atoms with Crippen LogP contribution in [0.4, 0.5) is 0 Å². The van der Waals surface area contributed by atoms with Gasteiger partial charge in [0.05, 0.1) is 17.9 Å². The van der Waals surface area contributed by atoms with Gasteiger partial charge in [0.2, 0.25) is 0 Å². The van der Waals surface area contributed by atoms with Gasteiger partial charge in [0, 0.05) is 31.7 Å². The fourth-order valence-electron chi connectivity index (χ4n) is 3.32. The molecule has 22 heavy (non-hydrogen) atoms. The summed E-state index contributed by atoms with van der Waals surface area (Å²) >= 11 is 0. The SMILES string of the molecule is CCc1cn(C2CC(OC)C(CCO)O2)c2ncnc(C)c12. The van der Waals surface area contributed by atoms with Gasteiger partial charge < -0.3 is 19.1 Å². The second-order valence-electron chi connectivity index (χ2n) is 5.72. The van der Waals surface area contributed by atoms with Crippen LogP contribution in [0.3, 0.4) is 0 Å². The van der Waals surface area contributed by atoms with Gasteiger partial charge in [-0.05, 0) is 25.3 Å². The van der Waals surface area contributed by atoms with E-state index in [-0.39, 0.29) is 25.0 Å². The highest BCUT2D eigenvalue weighted by atomic mass is 16.6. The first-order chi connectivity index (χ1) is 10.7. The second kappa shape index (κ2) is 6.32. The minimum Gasteiger partial charge on any atom is -0.396 e. The number of aliphatic hydroxyl groups is 1. The summed E-state index contributed by atoms with van der Waals surface area (Å²) in [7, 11) is 1.69. The van der Waals surface area contributed by atoms with Crippen LogP contribution in [0.5, 0.6) is 0 Å². The summed E-state index contributed by atoms with van der Waals surface area (Å²) in [6.45, 7) is 4.24. The number of hydrogen-bond acceptors (Lipinski definition) is 5. The Morgan fingerprint density at radius 1 is 1.45 bits per heavy atom. The van der Waals surface area contributed by atoms with Gasteiger partial charge in [0.1, 0.15) is 18.2 Å². The fraction of sp³-hybridized carbons (Fsp3) is 0.625. The van der Waals surface area contributed by atoms with Gasteiger partial charge in [0.15, 0.2) is 0 Å². The Labute approximate surface area is 130 Å². The van der Waals surface area contributed by atoms with Crippen molar-refractivity contribution in [2.75, 3.05) is 13.7 Å². The zero-order chi connectivity index (χ0) is 15.7. The zero-order valence-electron chi connectivity index (χ0n) is 13.3. The molecule has 1 N–H and O–H groups in total. The molecule has 1 aliphatic heterocycles. The molecule has 1 fully saturated rings. The van der Waals surface area contributed by atoms with Crippen LogP contribution in [0.1, 0.15) is 37.3 Å². The minimum absolute atomic E-state index is 0.00242. The Bertz CT molecular complexity index is 655. The monoisotopic (exact) mass is 305 g/mol. The average Bonchev–Trinajstić information content (AvgIpc) is 3.09. The summed E-state index contributed by atoms with van der Waals surface area (Å²) in [5, 5.41) is 10.3. The van der Waals surface area contributed by atoms with Gasteiger partial charge in [-0.3, -0.25) is 0 Å². The number of nitrogens with zero attached hydrogens (tertiary/aromatic N) is 3. The third-order valence-corrected chi connectivity index (χ3v) is 4.47. The predicted molar refractivity (Wildman–Crippen MR) is 82.7 cm³/mol. The molecule has 1 saturated heterocycles. The van der Waals surface area contributed by atoms with Crippen molar-refractivity contribution in [3.05, 3.63) is 23.8 Å². The average molecular weight is 305 g/mol. The molecule has 3 atom stereocenters. The van der Waals surface area contributed by atoms with Gasteiger partial charge in [-0.1, -0.05) is 6.92 Å². The first-order valence-corrected chi connectivity index (χ1v) is 7.79. The van der Waals surface area contributed by atoms with Crippen LogP contribution >= 0.6 is 0 Å². The van der Waals surface area contributed by atoms with E-state index in [2.05, 4.69) is 27.7 Å². The van der Waals surface area contributed by atoms with E-state index in [0.29, 0.717) is 6.42 Å². The zero-order valence-corrected chi connectivity index (χ0v) is 13.3. The summed E-state index contributed by atoms with van der Waals surface area (Å²) in [4.78, 5) is 8.77. The molecule has 120 valence electrons. The smallest absolute Gasteiger partial charge is 0.145 e. The summed E-state index contributed by atoms with van der Waals surface area (Å²) in [6.07, 6.45) is 5.80. The van der Waals surface area contributed by atoms with Crippen molar-refractivity contribution < 1.29 is 14.6 Å². The van der Waals surface area contributed by atoms with E-state index in [9.17, 15) is 5.11 Å². The molecule has 0 spiro atoms. The fourth-order valence-corrected chi connectivity index (χ4v) is 3.32. The van der Waals surface area contributed by atoms with Crippen molar-refractivity contribution in [2.24, 2.45) is 0 Å². The molecule has 3 heterocycles. The van der Waals surface area contributed by atoms with E-state index < -0.39 is 0 Å². The van der Waals surface area contributed by atoms with Gasteiger partial charge in [-0.15, -0.1) is 0 Å². The number of hydrogen-bond donors (Lipinski definition) is 1. The van der Waals surface area contributed by atoms with E-state index in [0.717, 1.165) is 29.6 Å². The van der Waals surface area contributed by atoms with Crippen LogP contribution in [-0.4, -0.2) is 45.6 Å². The van der Waals surface area contributed by atoms with Crippen molar-refractivity contribution in [3.63, 3.8) is 0 Å². The molecule has 1 aliphatic rings. The van der Waals surface area contributed by atoms with Crippen molar-refractivity contribution in [2.45, 2.75) is 51.5 Å². The molecular formula is C16H23N3O3. The molecule has 6 nitrogen and oxygen atoms in total. The number of rotatable bonds is 5. The van der Waals surface area contributed by atoms with Crippen LogP contribution in [0, 0.1) is 6.92 Å². The maximum absolute atomic E-state index is 9.18.